The molecule has 0 spiro atoms. The van der Waals surface area contributed by atoms with Gasteiger partial charge in [-0.2, -0.15) is 0 Å². The SMILES string of the molecule is NC(=O)CNS(=O)(=O)c1cccc(F)c1. The quantitative estimate of drug-likeness (QED) is 0.739. The highest BCUT2D eigenvalue weighted by Gasteiger charge is 2.14. The molecule has 5 nitrogen and oxygen atoms in total. The highest BCUT2D eigenvalue weighted by Crippen LogP contribution is 2.09. The molecule has 15 heavy (non-hydrogen) atoms. The number of sulfonamides is 1. The predicted octanol–water partition coefficient (Wildman–Crippen LogP) is -0.411. The topological polar surface area (TPSA) is 89.3 Å². The molecule has 1 aromatic rings. The smallest absolute Gasteiger partial charge is 0.241 e. The van der Waals surface area contributed by atoms with Crippen molar-refractivity contribution in [1.29, 1.82) is 0 Å². The molecule has 3 N–H and O–H groups in total. The van der Waals surface area contributed by atoms with Crippen LogP contribution in [0.25, 0.3) is 0 Å². The summed E-state index contributed by atoms with van der Waals surface area (Å²) in [6.07, 6.45) is 0. The first-order valence-electron chi connectivity index (χ1n) is 3.95. The molecule has 7 heteroatoms. The molecule has 0 fully saturated rings. The van der Waals surface area contributed by atoms with Crippen molar-refractivity contribution in [2.24, 2.45) is 5.73 Å². The number of nitrogens with one attached hydrogen (secondary N) is 1. The van der Waals surface area contributed by atoms with Gasteiger partial charge in [0.15, 0.2) is 0 Å². The van der Waals surface area contributed by atoms with Gasteiger partial charge in [-0.3, -0.25) is 4.79 Å². The number of carbonyl (C=O) groups is 1. The Morgan fingerprint density at radius 1 is 1.47 bits per heavy atom. The van der Waals surface area contributed by atoms with Crippen LogP contribution < -0.4 is 10.5 Å². The molecule has 0 unspecified atom stereocenters. The third kappa shape index (κ3) is 3.30. The van der Waals surface area contributed by atoms with Gasteiger partial charge < -0.3 is 5.73 Å². The predicted molar refractivity (Wildman–Crippen MR) is 50.8 cm³/mol. The summed E-state index contributed by atoms with van der Waals surface area (Å²) in [4.78, 5) is 10.1. The van der Waals surface area contributed by atoms with Gasteiger partial charge in [0.25, 0.3) is 0 Å². The van der Waals surface area contributed by atoms with E-state index in [0.29, 0.717) is 0 Å². The lowest BCUT2D eigenvalue weighted by atomic mass is 10.4. The van der Waals surface area contributed by atoms with Gasteiger partial charge in [-0.25, -0.2) is 17.5 Å². The van der Waals surface area contributed by atoms with Crippen LogP contribution in [0.5, 0.6) is 0 Å². The average molecular weight is 232 g/mol. The van der Waals surface area contributed by atoms with E-state index in [-0.39, 0.29) is 4.90 Å². The van der Waals surface area contributed by atoms with Gasteiger partial charge in [0.1, 0.15) is 5.82 Å². The summed E-state index contributed by atoms with van der Waals surface area (Å²) in [5.74, 6) is -1.48. The second-order valence-electron chi connectivity index (χ2n) is 2.75. The number of primary amides is 1. The Hall–Kier alpha value is -1.47. The zero-order chi connectivity index (χ0) is 11.5. The maximum Gasteiger partial charge on any atom is 0.241 e. The van der Waals surface area contributed by atoms with Crippen LogP contribution >= 0.6 is 0 Å². The highest BCUT2D eigenvalue weighted by molar-refractivity contribution is 7.89. The monoisotopic (exact) mass is 232 g/mol. The molecule has 1 amide bonds. The first-order valence-corrected chi connectivity index (χ1v) is 5.44. The largest absolute Gasteiger partial charge is 0.369 e. The summed E-state index contributed by atoms with van der Waals surface area (Å²) >= 11 is 0. The van der Waals surface area contributed by atoms with Crippen molar-refractivity contribution in [3.63, 3.8) is 0 Å². The van der Waals surface area contributed by atoms with Crippen molar-refractivity contribution in [3.05, 3.63) is 30.1 Å². The van der Waals surface area contributed by atoms with E-state index >= 15 is 0 Å². The Bertz CT molecular complexity index is 473. The van der Waals surface area contributed by atoms with E-state index in [1.165, 1.54) is 12.1 Å². The maximum atomic E-state index is 12.7. The molecule has 0 saturated carbocycles. The van der Waals surface area contributed by atoms with Crippen LogP contribution in [0.1, 0.15) is 0 Å². The molecule has 1 aromatic carbocycles. The van der Waals surface area contributed by atoms with Gasteiger partial charge in [0, 0.05) is 0 Å². The highest BCUT2D eigenvalue weighted by atomic mass is 32.2. The van der Waals surface area contributed by atoms with E-state index in [9.17, 15) is 17.6 Å². The van der Waals surface area contributed by atoms with Crippen LogP contribution in [-0.4, -0.2) is 20.9 Å². The summed E-state index contributed by atoms with van der Waals surface area (Å²) in [5, 5.41) is 0. The van der Waals surface area contributed by atoms with Gasteiger partial charge in [-0.05, 0) is 18.2 Å². The molecule has 0 radical (unpaired) electrons. The van der Waals surface area contributed by atoms with Crippen molar-refractivity contribution in [2.75, 3.05) is 6.54 Å². The minimum atomic E-state index is -3.87. The first kappa shape index (κ1) is 11.6. The molecule has 0 saturated heterocycles. The second kappa shape index (κ2) is 4.37. The number of nitrogens with two attached hydrogens (primary N) is 1. The standard InChI is InChI=1S/C8H9FN2O3S/c9-6-2-1-3-7(4-6)15(13,14)11-5-8(10)12/h1-4,11H,5H2,(H2,10,12). The van der Waals surface area contributed by atoms with Crippen molar-refractivity contribution < 1.29 is 17.6 Å². The minimum absolute atomic E-state index is 0.247. The van der Waals surface area contributed by atoms with Gasteiger partial charge in [-0.1, -0.05) is 6.07 Å². The summed E-state index contributed by atoms with van der Waals surface area (Å²) < 4.78 is 37.5. The third-order valence-corrected chi connectivity index (χ3v) is 2.94. The fourth-order valence-electron chi connectivity index (χ4n) is 0.884. The van der Waals surface area contributed by atoms with Gasteiger partial charge >= 0.3 is 0 Å². The van der Waals surface area contributed by atoms with Crippen molar-refractivity contribution >= 4 is 15.9 Å². The van der Waals surface area contributed by atoms with Gasteiger partial charge in [0.2, 0.25) is 15.9 Å². The van der Waals surface area contributed by atoms with Crippen LogP contribution in [0.4, 0.5) is 4.39 Å². The normalized spacial score (nSPS) is 11.3. The first-order chi connectivity index (χ1) is 6.92. The molecule has 0 heterocycles. The summed E-state index contributed by atoms with van der Waals surface area (Å²) in [6, 6.07) is 4.44. The number of hydrogen-bond acceptors (Lipinski definition) is 3. The zero-order valence-electron chi connectivity index (χ0n) is 7.60. The van der Waals surface area contributed by atoms with Crippen molar-refractivity contribution in [1.82, 2.24) is 4.72 Å². The molecule has 0 aliphatic rings. The van der Waals surface area contributed by atoms with Crippen LogP contribution in [0.15, 0.2) is 29.2 Å². The molecule has 0 aromatic heterocycles. The second-order valence-corrected chi connectivity index (χ2v) is 4.52. The van der Waals surface area contributed by atoms with Gasteiger partial charge in [-0.15, -0.1) is 0 Å². The molecule has 0 aliphatic carbocycles. The van der Waals surface area contributed by atoms with Crippen LogP contribution in [0.2, 0.25) is 0 Å². The Balaban J connectivity index is 2.91. The van der Waals surface area contributed by atoms with E-state index in [2.05, 4.69) is 0 Å². The molecular formula is C8H9FN2O3S. The number of hydrogen-bond donors (Lipinski definition) is 2. The summed E-state index contributed by atoms with van der Waals surface area (Å²) in [7, 11) is -3.87. The van der Waals surface area contributed by atoms with Crippen LogP contribution in [0.3, 0.4) is 0 Å². The van der Waals surface area contributed by atoms with E-state index in [4.69, 9.17) is 5.73 Å². The maximum absolute atomic E-state index is 12.7. The number of carbonyl (C=O) groups excluding carboxylic acids is 1. The molecular weight excluding hydrogens is 223 g/mol. The Morgan fingerprint density at radius 3 is 2.67 bits per heavy atom. The number of halogens is 1. The van der Waals surface area contributed by atoms with Crippen molar-refractivity contribution in [2.45, 2.75) is 4.90 Å². The van der Waals surface area contributed by atoms with Gasteiger partial charge in [0.05, 0.1) is 11.4 Å². The average Bonchev–Trinajstić information content (AvgIpc) is 2.15. The van der Waals surface area contributed by atoms with E-state index in [0.717, 1.165) is 12.1 Å². The minimum Gasteiger partial charge on any atom is -0.369 e. The lowest BCUT2D eigenvalue weighted by molar-refractivity contribution is -0.116. The summed E-state index contributed by atoms with van der Waals surface area (Å²) in [5.41, 5.74) is 4.77. The number of amides is 1. The fraction of sp³-hybridized carbons (Fsp3) is 0.125. The van der Waals surface area contributed by atoms with E-state index < -0.39 is 28.3 Å². The Labute approximate surface area is 86.1 Å². The van der Waals surface area contributed by atoms with E-state index in [1.54, 1.807) is 0 Å². The fourth-order valence-corrected chi connectivity index (χ4v) is 1.91. The number of benzene rings is 1. The van der Waals surface area contributed by atoms with E-state index in [1.807, 2.05) is 4.72 Å². The van der Waals surface area contributed by atoms with Crippen LogP contribution in [0, 0.1) is 5.82 Å². The molecule has 1 rings (SSSR count). The molecule has 0 bridgehead atoms. The summed E-state index contributed by atoms with van der Waals surface area (Å²) in [6.45, 7) is -0.515. The number of rotatable bonds is 4. The zero-order valence-corrected chi connectivity index (χ0v) is 8.42. The molecule has 0 aliphatic heterocycles. The van der Waals surface area contributed by atoms with Crippen LogP contribution in [-0.2, 0) is 14.8 Å². The Kier molecular flexibility index (Phi) is 3.38. The molecule has 0 atom stereocenters. The lowest BCUT2D eigenvalue weighted by Gasteiger charge is -2.04. The third-order valence-electron chi connectivity index (χ3n) is 1.54. The van der Waals surface area contributed by atoms with Crippen molar-refractivity contribution in [3.8, 4) is 0 Å². The molecule has 82 valence electrons. The lowest BCUT2D eigenvalue weighted by Crippen LogP contribution is -2.33. The Morgan fingerprint density at radius 2 is 2.13 bits per heavy atom.